The predicted octanol–water partition coefficient (Wildman–Crippen LogP) is -1.21. The van der Waals surface area contributed by atoms with E-state index in [-0.39, 0.29) is 5.70 Å². The maximum atomic E-state index is 10.6. The maximum Gasteiger partial charge on any atom is 0.281 e. The molecule has 2 amide bonds. The van der Waals surface area contributed by atoms with Gasteiger partial charge in [0, 0.05) is 0 Å². The van der Waals surface area contributed by atoms with Crippen LogP contribution in [0, 0.1) is 0 Å². The van der Waals surface area contributed by atoms with Crippen LogP contribution in [0.2, 0.25) is 0 Å². The Balaban J connectivity index is 3.97. The number of nitrogens with one attached hydrogen (secondary N) is 2. The molecule has 0 aliphatic carbocycles. The lowest BCUT2D eigenvalue weighted by Gasteiger charge is -2.02. The van der Waals surface area contributed by atoms with Crippen LogP contribution in [0.5, 0.6) is 0 Å². The van der Waals surface area contributed by atoms with E-state index >= 15 is 0 Å². The van der Waals surface area contributed by atoms with E-state index < -0.39 is 11.8 Å². The van der Waals surface area contributed by atoms with Gasteiger partial charge in [0.25, 0.3) is 5.91 Å². The van der Waals surface area contributed by atoms with E-state index in [2.05, 4.69) is 18.5 Å². The first-order valence-electron chi connectivity index (χ1n) is 2.75. The van der Waals surface area contributed by atoms with Gasteiger partial charge >= 0.3 is 0 Å². The Morgan fingerprint density at radius 3 is 2.36 bits per heavy atom. The molecule has 5 heteroatoms. The molecule has 0 aliphatic rings. The van der Waals surface area contributed by atoms with Crippen molar-refractivity contribution in [1.82, 2.24) is 10.7 Å². The fourth-order valence-electron chi connectivity index (χ4n) is 0.344. The van der Waals surface area contributed by atoms with Crippen LogP contribution in [0.15, 0.2) is 24.9 Å². The Labute approximate surface area is 63.9 Å². The van der Waals surface area contributed by atoms with Crippen molar-refractivity contribution in [3.8, 4) is 0 Å². The first-order chi connectivity index (χ1) is 5.11. The summed E-state index contributed by atoms with van der Waals surface area (Å²) in [7, 11) is 0. The fourth-order valence-corrected chi connectivity index (χ4v) is 0.344. The molecule has 4 N–H and O–H groups in total. The highest BCUT2D eigenvalue weighted by Gasteiger charge is 2.05. The number of hydrazine groups is 1. The van der Waals surface area contributed by atoms with E-state index in [4.69, 9.17) is 5.84 Å². The van der Waals surface area contributed by atoms with Gasteiger partial charge in [-0.3, -0.25) is 15.0 Å². The zero-order chi connectivity index (χ0) is 8.85. The molecule has 0 aromatic rings. The average Bonchev–Trinajstić information content (AvgIpc) is 2.02. The van der Waals surface area contributed by atoms with E-state index in [1.54, 1.807) is 5.43 Å². The molecule has 0 atom stereocenters. The molecule has 0 spiro atoms. The van der Waals surface area contributed by atoms with Crippen LogP contribution in [0.1, 0.15) is 0 Å². The van der Waals surface area contributed by atoms with Gasteiger partial charge in [-0.25, -0.2) is 5.84 Å². The molecular weight excluding hydrogens is 146 g/mol. The zero-order valence-electron chi connectivity index (χ0n) is 5.89. The summed E-state index contributed by atoms with van der Waals surface area (Å²) in [5, 5.41) is 2.14. The maximum absolute atomic E-state index is 10.6. The summed E-state index contributed by atoms with van der Waals surface area (Å²) < 4.78 is 0. The Morgan fingerprint density at radius 1 is 1.45 bits per heavy atom. The molecule has 0 heterocycles. The Kier molecular flexibility index (Phi) is 3.61. The topological polar surface area (TPSA) is 84.2 Å². The SMILES string of the molecule is C=CC(=O)NC(=C)C(=O)NN. The summed E-state index contributed by atoms with van der Waals surface area (Å²) in [6.07, 6.45) is 1.02. The average molecular weight is 155 g/mol. The normalized spacial score (nSPS) is 8.09. The summed E-state index contributed by atoms with van der Waals surface area (Å²) in [6, 6.07) is 0. The van der Waals surface area contributed by atoms with Crippen LogP contribution in [0.4, 0.5) is 0 Å². The highest BCUT2D eigenvalue weighted by Crippen LogP contribution is 1.81. The van der Waals surface area contributed by atoms with Gasteiger partial charge in [0.2, 0.25) is 5.91 Å². The van der Waals surface area contributed by atoms with E-state index in [1.165, 1.54) is 0 Å². The Morgan fingerprint density at radius 2 is 2.00 bits per heavy atom. The predicted molar refractivity (Wildman–Crippen MR) is 39.8 cm³/mol. The monoisotopic (exact) mass is 155 g/mol. The van der Waals surface area contributed by atoms with Gasteiger partial charge in [0.15, 0.2) is 0 Å². The molecule has 0 saturated heterocycles. The lowest BCUT2D eigenvalue weighted by atomic mass is 10.4. The summed E-state index contributed by atoms with van der Waals surface area (Å²) in [5.41, 5.74) is 1.69. The third-order valence-corrected chi connectivity index (χ3v) is 0.865. The summed E-state index contributed by atoms with van der Waals surface area (Å²) in [6.45, 7) is 6.42. The van der Waals surface area contributed by atoms with Crippen molar-refractivity contribution in [2.75, 3.05) is 0 Å². The third-order valence-electron chi connectivity index (χ3n) is 0.865. The van der Waals surface area contributed by atoms with Crippen molar-refractivity contribution in [2.24, 2.45) is 5.84 Å². The van der Waals surface area contributed by atoms with Gasteiger partial charge in [-0.2, -0.15) is 0 Å². The number of rotatable bonds is 3. The number of carbonyl (C=O) groups excluding carboxylic acids is 2. The van der Waals surface area contributed by atoms with Gasteiger partial charge in [0.1, 0.15) is 5.70 Å². The second kappa shape index (κ2) is 4.24. The molecule has 0 fully saturated rings. The van der Waals surface area contributed by atoms with Crippen molar-refractivity contribution < 1.29 is 9.59 Å². The molecule has 0 rings (SSSR count). The van der Waals surface area contributed by atoms with Crippen LogP contribution >= 0.6 is 0 Å². The van der Waals surface area contributed by atoms with Gasteiger partial charge in [-0.15, -0.1) is 0 Å². The van der Waals surface area contributed by atoms with Crippen molar-refractivity contribution in [1.29, 1.82) is 0 Å². The zero-order valence-corrected chi connectivity index (χ0v) is 5.89. The van der Waals surface area contributed by atoms with Crippen LogP contribution in [0.3, 0.4) is 0 Å². The van der Waals surface area contributed by atoms with Gasteiger partial charge < -0.3 is 5.32 Å². The molecule has 60 valence electrons. The van der Waals surface area contributed by atoms with Crippen LogP contribution in [-0.2, 0) is 9.59 Å². The number of hydrogen-bond donors (Lipinski definition) is 3. The highest BCUT2D eigenvalue weighted by molar-refractivity contribution is 5.99. The molecule has 0 aliphatic heterocycles. The molecule has 11 heavy (non-hydrogen) atoms. The first kappa shape index (κ1) is 9.38. The number of amides is 2. The second-order valence-corrected chi connectivity index (χ2v) is 1.65. The van der Waals surface area contributed by atoms with Gasteiger partial charge in [-0.05, 0) is 6.08 Å². The minimum Gasteiger partial charge on any atom is -0.318 e. The van der Waals surface area contributed by atoms with Crippen molar-refractivity contribution in [3.05, 3.63) is 24.9 Å². The smallest absolute Gasteiger partial charge is 0.281 e. The molecule has 0 aromatic carbocycles. The lowest BCUT2D eigenvalue weighted by molar-refractivity contribution is -0.121. The first-order valence-corrected chi connectivity index (χ1v) is 2.75. The summed E-state index contributed by atoms with van der Waals surface area (Å²) >= 11 is 0. The quantitative estimate of drug-likeness (QED) is 0.207. The summed E-state index contributed by atoms with van der Waals surface area (Å²) in [5.74, 6) is 3.61. The Bertz CT molecular complexity index is 210. The highest BCUT2D eigenvalue weighted by atomic mass is 16.2. The van der Waals surface area contributed by atoms with Crippen LogP contribution in [-0.4, -0.2) is 11.8 Å². The minimum absolute atomic E-state index is 0.114. The lowest BCUT2D eigenvalue weighted by Crippen LogP contribution is -2.37. The molecule has 5 nitrogen and oxygen atoms in total. The van der Waals surface area contributed by atoms with Crippen molar-refractivity contribution >= 4 is 11.8 Å². The Hall–Kier alpha value is -1.62. The largest absolute Gasteiger partial charge is 0.318 e. The fraction of sp³-hybridized carbons (Fsp3) is 0. The van der Waals surface area contributed by atoms with Crippen LogP contribution < -0.4 is 16.6 Å². The third kappa shape index (κ3) is 3.17. The molecule has 0 saturated carbocycles. The van der Waals surface area contributed by atoms with E-state index in [9.17, 15) is 9.59 Å². The molecular formula is C6H9N3O2. The van der Waals surface area contributed by atoms with E-state index in [0.29, 0.717) is 0 Å². The van der Waals surface area contributed by atoms with Crippen molar-refractivity contribution in [3.63, 3.8) is 0 Å². The van der Waals surface area contributed by atoms with E-state index in [0.717, 1.165) is 6.08 Å². The molecule has 0 unspecified atom stereocenters. The van der Waals surface area contributed by atoms with Gasteiger partial charge in [0.05, 0.1) is 0 Å². The van der Waals surface area contributed by atoms with Gasteiger partial charge in [-0.1, -0.05) is 13.2 Å². The van der Waals surface area contributed by atoms with E-state index in [1.807, 2.05) is 0 Å². The standard InChI is InChI=1S/C6H9N3O2/c1-3-5(10)8-4(2)6(11)9-7/h3H,1-2,7H2,(H,8,10)(H,9,11). The molecule has 0 radical (unpaired) electrons. The number of carbonyl (C=O) groups is 2. The van der Waals surface area contributed by atoms with Crippen molar-refractivity contribution in [2.45, 2.75) is 0 Å². The molecule has 0 aromatic heterocycles. The minimum atomic E-state index is -0.639. The number of hydrogen-bond acceptors (Lipinski definition) is 3. The molecule has 0 bridgehead atoms. The summed E-state index contributed by atoms with van der Waals surface area (Å²) in [4.78, 5) is 21.1. The second-order valence-electron chi connectivity index (χ2n) is 1.65. The van der Waals surface area contributed by atoms with Crippen LogP contribution in [0.25, 0.3) is 0 Å². The number of nitrogens with two attached hydrogens (primary N) is 1.